The summed E-state index contributed by atoms with van der Waals surface area (Å²) in [5.41, 5.74) is -2.49. The van der Waals surface area contributed by atoms with Crippen LogP contribution in [-0.4, -0.2) is 42.1 Å². The molecule has 0 spiro atoms. The number of halogens is 5. The van der Waals surface area contributed by atoms with E-state index in [4.69, 9.17) is 0 Å². The Kier molecular flexibility index (Phi) is 6.45. The minimum absolute atomic E-state index is 0.164. The van der Waals surface area contributed by atoms with Crippen molar-refractivity contribution in [2.45, 2.75) is 57.2 Å². The number of rotatable bonds is 8. The summed E-state index contributed by atoms with van der Waals surface area (Å²) in [6, 6.07) is 2.91. The standard InChI is InChI=1S/C25H25F5N6O/c1-15(21-33-14-34-36(21)23-31-8-3-9-32-23)35(13-16-6-7-16)22(37)17-10-19(12-20(11-17)25(28,29)30)24(26,27)18-4-2-5-18/h3,8-12,14-16,18H,2,4-7,13H2,1H3. The van der Waals surface area contributed by atoms with Crippen LogP contribution in [0.1, 0.15) is 72.4 Å². The number of hydrogen-bond donors (Lipinski definition) is 0. The number of benzene rings is 1. The van der Waals surface area contributed by atoms with Gasteiger partial charge >= 0.3 is 6.18 Å². The van der Waals surface area contributed by atoms with Crippen molar-refractivity contribution in [3.63, 3.8) is 0 Å². The quantitative estimate of drug-likeness (QED) is 0.363. The van der Waals surface area contributed by atoms with Crippen LogP contribution in [0.15, 0.2) is 43.0 Å². The fraction of sp³-hybridized carbons (Fsp3) is 0.480. The summed E-state index contributed by atoms with van der Waals surface area (Å²) >= 11 is 0. The zero-order valence-corrected chi connectivity index (χ0v) is 20.0. The fourth-order valence-electron chi connectivity index (χ4n) is 4.50. The lowest BCUT2D eigenvalue weighted by molar-refractivity contribution is -0.138. The van der Waals surface area contributed by atoms with Gasteiger partial charge in [0.15, 0.2) is 5.82 Å². The van der Waals surface area contributed by atoms with Gasteiger partial charge < -0.3 is 4.90 Å². The van der Waals surface area contributed by atoms with E-state index in [0.717, 1.165) is 18.9 Å². The van der Waals surface area contributed by atoms with Gasteiger partial charge in [-0.1, -0.05) is 6.42 Å². The number of nitrogens with zero attached hydrogens (tertiary/aromatic N) is 6. The molecule has 196 valence electrons. The van der Waals surface area contributed by atoms with Gasteiger partial charge in [-0.15, -0.1) is 0 Å². The monoisotopic (exact) mass is 520 g/mol. The molecular formula is C25H25F5N6O. The number of hydrogen-bond acceptors (Lipinski definition) is 5. The van der Waals surface area contributed by atoms with Crippen LogP contribution in [0.5, 0.6) is 0 Å². The second-order valence-corrected chi connectivity index (χ2v) is 9.70. The Morgan fingerprint density at radius 1 is 1.03 bits per heavy atom. The van der Waals surface area contributed by atoms with Crippen LogP contribution in [0.3, 0.4) is 0 Å². The van der Waals surface area contributed by atoms with E-state index in [0.29, 0.717) is 24.4 Å². The minimum atomic E-state index is -4.89. The number of amides is 1. The summed E-state index contributed by atoms with van der Waals surface area (Å²) < 4.78 is 72.8. The van der Waals surface area contributed by atoms with E-state index < -0.39 is 46.7 Å². The summed E-state index contributed by atoms with van der Waals surface area (Å²) in [6.45, 7) is 1.91. The molecule has 0 aliphatic heterocycles. The molecule has 1 unspecified atom stereocenters. The second kappa shape index (κ2) is 9.46. The molecule has 2 aromatic heterocycles. The first kappa shape index (κ1) is 25.2. The van der Waals surface area contributed by atoms with Gasteiger partial charge in [0.05, 0.1) is 11.6 Å². The van der Waals surface area contributed by atoms with E-state index in [9.17, 15) is 18.0 Å². The summed E-state index contributed by atoms with van der Waals surface area (Å²) in [4.78, 5) is 27.6. The molecule has 2 saturated carbocycles. The lowest BCUT2D eigenvalue weighted by Gasteiger charge is -2.34. The van der Waals surface area contributed by atoms with Gasteiger partial charge in [0, 0.05) is 36.0 Å². The lowest BCUT2D eigenvalue weighted by Crippen LogP contribution is -2.37. The van der Waals surface area contributed by atoms with E-state index in [1.54, 1.807) is 13.0 Å². The predicted molar refractivity (Wildman–Crippen MR) is 122 cm³/mol. The van der Waals surface area contributed by atoms with Gasteiger partial charge in [-0.2, -0.15) is 23.0 Å². The first-order chi connectivity index (χ1) is 17.6. The van der Waals surface area contributed by atoms with Gasteiger partial charge in [-0.05, 0) is 62.8 Å². The summed E-state index contributed by atoms with van der Waals surface area (Å²) in [5, 5.41) is 4.14. The van der Waals surface area contributed by atoms with E-state index >= 15 is 8.78 Å². The maximum Gasteiger partial charge on any atom is 0.416 e. The van der Waals surface area contributed by atoms with Crippen molar-refractivity contribution in [2.24, 2.45) is 11.8 Å². The molecule has 2 fully saturated rings. The molecule has 0 saturated heterocycles. The smallest absolute Gasteiger partial charge is 0.328 e. The molecule has 0 bridgehead atoms. The third-order valence-corrected chi connectivity index (χ3v) is 7.08. The van der Waals surface area contributed by atoms with Crippen molar-refractivity contribution in [3.05, 3.63) is 65.5 Å². The Morgan fingerprint density at radius 2 is 1.70 bits per heavy atom. The molecule has 2 aliphatic rings. The largest absolute Gasteiger partial charge is 0.416 e. The van der Waals surface area contributed by atoms with Crippen molar-refractivity contribution in [1.29, 1.82) is 0 Å². The van der Waals surface area contributed by atoms with E-state index in [1.165, 1.54) is 28.3 Å². The lowest BCUT2D eigenvalue weighted by atomic mass is 9.77. The zero-order chi connectivity index (χ0) is 26.4. The normalized spacial score (nSPS) is 17.4. The van der Waals surface area contributed by atoms with E-state index in [1.807, 2.05) is 0 Å². The van der Waals surface area contributed by atoms with E-state index in [-0.39, 0.29) is 31.3 Å². The molecule has 1 aromatic carbocycles. The van der Waals surface area contributed by atoms with Crippen LogP contribution in [0.2, 0.25) is 0 Å². The average molecular weight is 521 g/mol. The highest BCUT2D eigenvalue weighted by Crippen LogP contribution is 2.48. The highest BCUT2D eigenvalue weighted by molar-refractivity contribution is 5.95. The van der Waals surface area contributed by atoms with Crippen LogP contribution in [0, 0.1) is 11.8 Å². The molecule has 1 atom stereocenters. The maximum atomic E-state index is 15.1. The second-order valence-electron chi connectivity index (χ2n) is 9.70. The molecule has 5 rings (SSSR count). The molecule has 7 nitrogen and oxygen atoms in total. The summed E-state index contributed by atoms with van der Waals surface area (Å²) in [6.07, 6.45) is 2.18. The first-order valence-corrected chi connectivity index (χ1v) is 12.1. The van der Waals surface area contributed by atoms with Crippen LogP contribution in [-0.2, 0) is 12.1 Å². The van der Waals surface area contributed by atoms with Gasteiger partial charge in [-0.3, -0.25) is 4.79 Å². The molecule has 2 heterocycles. The molecule has 3 aromatic rings. The van der Waals surface area contributed by atoms with Gasteiger partial charge in [-0.25, -0.2) is 23.7 Å². The van der Waals surface area contributed by atoms with Crippen LogP contribution in [0.4, 0.5) is 22.0 Å². The highest BCUT2D eigenvalue weighted by Gasteiger charge is 2.46. The van der Waals surface area contributed by atoms with Crippen LogP contribution < -0.4 is 0 Å². The van der Waals surface area contributed by atoms with Gasteiger partial charge in [0.25, 0.3) is 17.8 Å². The van der Waals surface area contributed by atoms with Crippen LogP contribution >= 0.6 is 0 Å². The Bertz CT molecular complexity index is 1270. The van der Waals surface area contributed by atoms with Crippen molar-refractivity contribution in [2.75, 3.05) is 6.54 Å². The Hall–Kier alpha value is -3.44. The third-order valence-electron chi connectivity index (χ3n) is 7.08. The highest BCUT2D eigenvalue weighted by atomic mass is 19.4. The fourth-order valence-corrected chi connectivity index (χ4v) is 4.50. The molecule has 2 aliphatic carbocycles. The number of alkyl halides is 5. The summed E-state index contributed by atoms with van der Waals surface area (Å²) in [5.74, 6) is -4.61. The zero-order valence-electron chi connectivity index (χ0n) is 20.0. The van der Waals surface area contributed by atoms with E-state index in [2.05, 4.69) is 20.1 Å². The predicted octanol–water partition coefficient (Wildman–Crippen LogP) is 5.58. The molecule has 1 amide bonds. The van der Waals surface area contributed by atoms with Gasteiger partial charge in [0.1, 0.15) is 6.33 Å². The number of carbonyl (C=O) groups excluding carboxylic acids is 1. The average Bonchev–Trinajstić information content (AvgIpc) is 3.52. The summed E-state index contributed by atoms with van der Waals surface area (Å²) in [7, 11) is 0. The molecule has 0 N–H and O–H groups in total. The van der Waals surface area contributed by atoms with Crippen molar-refractivity contribution < 1.29 is 26.7 Å². The van der Waals surface area contributed by atoms with Crippen molar-refractivity contribution in [3.8, 4) is 5.95 Å². The SMILES string of the molecule is CC(c1ncnn1-c1ncccn1)N(CC1CC1)C(=O)c1cc(C(F)(F)F)cc(C(F)(F)C2CCC2)c1. The Morgan fingerprint density at radius 3 is 2.30 bits per heavy atom. The topological polar surface area (TPSA) is 76.8 Å². The van der Waals surface area contributed by atoms with Gasteiger partial charge in [0.2, 0.25) is 0 Å². The molecular weight excluding hydrogens is 495 g/mol. The van der Waals surface area contributed by atoms with Crippen molar-refractivity contribution in [1.82, 2.24) is 29.6 Å². The minimum Gasteiger partial charge on any atom is -0.328 e. The Labute approximate surface area is 209 Å². The Balaban J connectivity index is 1.54. The first-order valence-electron chi connectivity index (χ1n) is 12.1. The van der Waals surface area contributed by atoms with Crippen molar-refractivity contribution >= 4 is 5.91 Å². The number of aromatic nitrogens is 5. The maximum absolute atomic E-state index is 15.1. The molecule has 12 heteroatoms. The third kappa shape index (κ3) is 5.05. The number of carbonyl (C=O) groups is 1. The van der Waals surface area contributed by atoms with Crippen LogP contribution in [0.25, 0.3) is 5.95 Å². The molecule has 37 heavy (non-hydrogen) atoms. The molecule has 0 radical (unpaired) electrons.